The van der Waals surface area contributed by atoms with Crippen molar-refractivity contribution < 1.29 is 37.0 Å². The van der Waals surface area contributed by atoms with Crippen LogP contribution in [-0.2, 0) is 37.0 Å². The van der Waals surface area contributed by atoms with Gasteiger partial charge in [-0.1, -0.05) is 13.3 Å². The van der Waals surface area contributed by atoms with Gasteiger partial charge in [0.2, 0.25) is 0 Å². The second-order valence-electron chi connectivity index (χ2n) is 18.0. The molecule has 0 aromatic carbocycles. The van der Waals surface area contributed by atoms with Gasteiger partial charge in [0.05, 0.1) is 0 Å². The molecule has 0 saturated carbocycles. The fourth-order valence-electron chi connectivity index (χ4n) is 4.98. The Hall–Kier alpha value is 1.81. The van der Waals surface area contributed by atoms with Crippen molar-refractivity contribution >= 4 is 85.1 Å². The molecule has 0 aromatic heterocycles. The van der Waals surface area contributed by atoms with Crippen LogP contribution in [0.1, 0.15) is 19.8 Å². The van der Waals surface area contributed by atoms with E-state index in [1.807, 2.05) is 19.6 Å². The summed E-state index contributed by atoms with van der Waals surface area (Å²) < 4.78 is 63.7. The van der Waals surface area contributed by atoms with E-state index in [2.05, 4.69) is 125 Å². The first-order chi connectivity index (χ1) is 18.9. The molecule has 0 aromatic rings. The normalized spacial score (nSPS) is 15.7. The van der Waals surface area contributed by atoms with E-state index < -0.39 is 85.1 Å². The van der Waals surface area contributed by atoms with Gasteiger partial charge in [-0.25, -0.2) is 0 Å². The van der Waals surface area contributed by atoms with Crippen molar-refractivity contribution in [1.82, 2.24) is 0 Å². The van der Waals surface area contributed by atoms with Gasteiger partial charge in [-0.15, -0.1) is 0 Å². The molecule has 0 unspecified atom stereocenters. The summed E-state index contributed by atoms with van der Waals surface area (Å²) in [4.78, 5) is 0. The summed E-state index contributed by atoms with van der Waals surface area (Å²) in [5, 5.41) is 0. The van der Waals surface area contributed by atoms with Crippen LogP contribution in [0.4, 0.5) is 0 Å². The predicted octanol–water partition coefficient (Wildman–Crippen LogP) is 9.59. The Kier molecular flexibility index (Phi) is 16.4. The van der Waals surface area contributed by atoms with Crippen LogP contribution in [-0.4, -0.2) is 85.1 Å². The molecular formula is C25H72O9Si10. The molecule has 44 heavy (non-hydrogen) atoms. The summed E-state index contributed by atoms with van der Waals surface area (Å²) >= 11 is 0. The Balaban J connectivity index is 7.73. The summed E-state index contributed by atoms with van der Waals surface area (Å²) in [5.41, 5.74) is 0. The standard InChI is InChI=1S/C25H72O9Si10/c1-23-24-25-44(32-41(20,26-35(2,3)4)27-36(5,6)7,33-42(21,28-37(8,9)10)29-38(11,12)13)34-43(22,30-39(14,15)16)31-40(17,18)19/h23-25H2,1-22H3. The molecular weight excluding hydrogens is 725 g/mol. The molecule has 9 nitrogen and oxygen atoms in total. The molecule has 0 aliphatic heterocycles. The van der Waals surface area contributed by atoms with Crippen molar-refractivity contribution in [3.05, 3.63) is 0 Å². The number of rotatable bonds is 21. The Bertz CT molecular complexity index is 730. The van der Waals surface area contributed by atoms with Gasteiger partial charge in [0.15, 0.2) is 49.9 Å². The number of hydrogen-bond acceptors (Lipinski definition) is 9. The maximum atomic E-state index is 7.40. The fourth-order valence-corrected chi connectivity index (χ4v) is 47.0. The van der Waals surface area contributed by atoms with E-state index in [1.165, 1.54) is 0 Å². The Morgan fingerprint density at radius 3 is 0.614 bits per heavy atom. The molecule has 0 bridgehead atoms. The highest BCUT2D eigenvalue weighted by Crippen LogP contribution is 2.37. The van der Waals surface area contributed by atoms with E-state index in [0.717, 1.165) is 12.8 Å². The second-order valence-corrected chi connectivity index (χ2v) is 57.7. The lowest BCUT2D eigenvalue weighted by Gasteiger charge is -2.49. The fraction of sp³-hybridized carbons (Fsp3) is 1.00. The van der Waals surface area contributed by atoms with Crippen LogP contribution < -0.4 is 0 Å². The third-order valence-corrected chi connectivity index (χ3v) is 37.6. The highest BCUT2D eigenvalue weighted by molar-refractivity contribution is 6.95. The topological polar surface area (TPSA) is 83.1 Å². The Labute approximate surface area is 284 Å². The van der Waals surface area contributed by atoms with Gasteiger partial charge in [0.25, 0.3) is 0 Å². The van der Waals surface area contributed by atoms with Gasteiger partial charge >= 0.3 is 35.2 Å². The zero-order valence-electron chi connectivity index (χ0n) is 32.8. The van der Waals surface area contributed by atoms with E-state index in [0.29, 0.717) is 6.04 Å². The summed E-state index contributed by atoms with van der Waals surface area (Å²) in [6, 6.07) is 0.565. The van der Waals surface area contributed by atoms with Crippen LogP contribution in [0.15, 0.2) is 0 Å². The monoisotopic (exact) mass is 796 g/mol. The first-order valence-electron chi connectivity index (χ1n) is 16.2. The van der Waals surface area contributed by atoms with Crippen LogP contribution in [0.5, 0.6) is 0 Å². The van der Waals surface area contributed by atoms with Crippen molar-refractivity contribution in [3.63, 3.8) is 0 Å². The molecule has 0 N–H and O–H groups in total. The first-order valence-corrected chi connectivity index (χ1v) is 45.3. The van der Waals surface area contributed by atoms with Crippen LogP contribution in [0.3, 0.4) is 0 Å². The van der Waals surface area contributed by atoms with E-state index in [9.17, 15) is 0 Å². The van der Waals surface area contributed by atoms with E-state index >= 15 is 0 Å². The summed E-state index contributed by atoms with van der Waals surface area (Å²) in [6.07, 6.45) is 1.78. The number of unbranched alkanes of at least 4 members (excludes halogenated alkanes) is 1. The zero-order valence-corrected chi connectivity index (χ0v) is 42.8. The lowest BCUT2D eigenvalue weighted by atomic mass is 10.4. The summed E-state index contributed by atoms with van der Waals surface area (Å²) in [7, 11) is -26.5. The third-order valence-electron chi connectivity index (χ3n) is 4.81. The highest BCUT2D eigenvalue weighted by Gasteiger charge is 2.62. The quantitative estimate of drug-likeness (QED) is 0.106. The molecule has 0 aliphatic rings. The van der Waals surface area contributed by atoms with Gasteiger partial charge < -0.3 is 37.0 Å². The average molecular weight is 798 g/mol. The largest absolute Gasteiger partial charge is 0.478 e. The van der Waals surface area contributed by atoms with Gasteiger partial charge in [0, 0.05) is 25.7 Å². The molecule has 0 aliphatic carbocycles. The van der Waals surface area contributed by atoms with Crippen molar-refractivity contribution in [2.75, 3.05) is 0 Å². The summed E-state index contributed by atoms with van der Waals surface area (Å²) in [5.74, 6) is 0. The maximum Gasteiger partial charge on any atom is 0.478 e. The average Bonchev–Trinajstić information content (AvgIpc) is 2.54. The molecule has 19 heteroatoms. The van der Waals surface area contributed by atoms with Crippen molar-refractivity contribution in [1.29, 1.82) is 0 Å². The van der Waals surface area contributed by atoms with E-state index in [-0.39, 0.29) is 0 Å². The molecule has 0 fully saturated rings. The molecule has 0 heterocycles. The van der Waals surface area contributed by atoms with Crippen molar-refractivity contribution in [2.45, 2.75) is 163 Å². The SMILES string of the molecule is CCCC[Si](O[Si](C)(O[Si](C)(C)C)O[Si](C)(C)C)(O[Si](C)(O[Si](C)(C)C)O[Si](C)(C)C)O[Si](C)(O[Si](C)(C)C)O[Si](C)(C)C. The van der Waals surface area contributed by atoms with Crippen LogP contribution in [0, 0.1) is 0 Å². The van der Waals surface area contributed by atoms with Crippen molar-refractivity contribution in [2.24, 2.45) is 0 Å². The molecule has 0 spiro atoms. The van der Waals surface area contributed by atoms with Crippen LogP contribution >= 0.6 is 0 Å². The van der Waals surface area contributed by atoms with Gasteiger partial charge in [-0.05, 0) is 124 Å². The van der Waals surface area contributed by atoms with Gasteiger partial charge in [0.1, 0.15) is 0 Å². The minimum Gasteiger partial charge on any atom is -0.417 e. The van der Waals surface area contributed by atoms with E-state index in [1.54, 1.807) is 0 Å². The van der Waals surface area contributed by atoms with Gasteiger partial charge in [-0.3, -0.25) is 0 Å². The molecule has 0 atom stereocenters. The van der Waals surface area contributed by atoms with Crippen LogP contribution in [0.25, 0.3) is 0 Å². The predicted molar refractivity (Wildman–Crippen MR) is 210 cm³/mol. The van der Waals surface area contributed by atoms with E-state index in [4.69, 9.17) is 37.0 Å². The lowest BCUT2D eigenvalue weighted by Crippen LogP contribution is -2.71. The molecule has 0 radical (unpaired) electrons. The third kappa shape index (κ3) is 21.7. The minimum atomic E-state index is -3.75. The Morgan fingerprint density at radius 1 is 0.295 bits per heavy atom. The zero-order chi connectivity index (χ0) is 35.5. The van der Waals surface area contributed by atoms with Crippen LogP contribution in [0.2, 0.25) is 144 Å². The lowest BCUT2D eigenvalue weighted by molar-refractivity contribution is 0.120. The number of hydrogen-bond donors (Lipinski definition) is 0. The molecule has 266 valence electrons. The minimum absolute atomic E-state index is 0.565. The molecule has 0 rings (SSSR count). The van der Waals surface area contributed by atoms with Crippen molar-refractivity contribution in [3.8, 4) is 0 Å². The first kappa shape index (κ1) is 45.8. The molecule has 0 amide bonds. The highest BCUT2D eigenvalue weighted by atomic mass is 28.6. The summed E-state index contributed by atoms with van der Waals surface area (Å²) in [6.45, 7) is 47.4. The smallest absolute Gasteiger partial charge is 0.417 e. The van der Waals surface area contributed by atoms with Gasteiger partial charge in [-0.2, -0.15) is 0 Å². The maximum absolute atomic E-state index is 7.40. The Morgan fingerprint density at radius 2 is 0.477 bits per heavy atom. The second kappa shape index (κ2) is 15.8. The molecule has 0 saturated heterocycles.